The molecule has 0 aromatic carbocycles. The van der Waals surface area contributed by atoms with E-state index in [0.29, 0.717) is 12.7 Å². The van der Waals surface area contributed by atoms with Gasteiger partial charge in [-0.1, -0.05) is 0 Å². The predicted octanol–water partition coefficient (Wildman–Crippen LogP) is 2.32. The van der Waals surface area contributed by atoms with E-state index in [4.69, 9.17) is 9.47 Å². The van der Waals surface area contributed by atoms with Gasteiger partial charge in [0.25, 0.3) is 6.01 Å². The van der Waals surface area contributed by atoms with Crippen LogP contribution in [0.2, 0.25) is 0 Å². The highest BCUT2D eigenvalue weighted by atomic mass is 79.9. The molecule has 94 valence electrons. The zero-order chi connectivity index (χ0) is 12.2. The molecule has 1 aromatic heterocycles. The van der Waals surface area contributed by atoms with Gasteiger partial charge in [0, 0.05) is 11.9 Å². The molecular weight excluding hydrogens is 292 g/mol. The minimum Gasteiger partial charge on any atom is -0.468 e. The highest BCUT2D eigenvalue weighted by molar-refractivity contribution is 9.10. The van der Waals surface area contributed by atoms with E-state index in [2.05, 4.69) is 39.7 Å². The standard InChI is InChI=1S/C10H19BrN2O2S/c1-14-10-12-9(11)7-13(10)8-15-5-6-16(2,3)4/h7H,5-6,8H2,1-4H3. The van der Waals surface area contributed by atoms with Crippen molar-refractivity contribution in [2.75, 3.05) is 38.2 Å². The predicted molar refractivity (Wildman–Crippen MR) is 72.7 cm³/mol. The lowest BCUT2D eigenvalue weighted by Crippen LogP contribution is -2.10. The quantitative estimate of drug-likeness (QED) is 0.757. The lowest BCUT2D eigenvalue weighted by molar-refractivity contribution is 0.0832. The smallest absolute Gasteiger partial charge is 0.299 e. The summed E-state index contributed by atoms with van der Waals surface area (Å²) in [6, 6.07) is 0.565. The van der Waals surface area contributed by atoms with Gasteiger partial charge in [-0.2, -0.15) is 4.98 Å². The van der Waals surface area contributed by atoms with E-state index in [-0.39, 0.29) is 0 Å². The van der Waals surface area contributed by atoms with E-state index in [1.807, 2.05) is 10.8 Å². The Morgan fingerprint density at radius 3 is 2.69 bits per heavy atom. The number of methoxy groups -OCH3 is 1. The second-order valence-corrected chi connectivity index (χ2v) is 9.75. The number of aromatic nitrogens is 2. The normalized spacial score (nSPS) is 12.8. The zero-order valence-electron chi connectivity index (χ0n) is 10.2. The van der Waals surface area contributed by atoms with Gasteiger partial charge in [0.1, 0.15) is 11.3 Å². The largest absolute Gasteiger partial charge is 0.468 e. The van der Waals surface area contributed by atoms with Crippen LogP contribution >= 0.6 is 26.0 Å². The first-order valence-electron chi connectivity index (χ1n) is 4.93. The van der Waals surface area contributed by atoms with Crippen LogP contribution in [-0.2, 0) is 11.5 Å². The first-order valence-corrected chi connectivity index (χ1v) is 8.75. The summed E-state index contributed by atoms with van der Waals surface area (Å²) < 4.78 is 13.3. The minimum atomic E-state index is -0.479. The van der Waals surface area contributed by atoms with Crippen molar-refractivity contribution in [3.63, 3.8) is 0 Å². The van der Waals surface area contributed by atoms with Gasteiger partial charge in [0.05, 0.1) is 13.7 Å². The topological polar surface area (TPSA) is 36.3 Å². The van der Waals surface area contributed by atoms with Crippen molar-refractivity contribution < 1.29 is 9.47 Å². The van der Waals surface area contributed by atoms with Gasteiger partial charge in [-0.05, 0) is 34.7 Å². The van der Waals surface area contributed by atoms with Crippen molar-refractivity contribution in [2.45, 2.75) is 6.73 Å². The highest BCUT2D eigenvalue weighted by Crippen LogP contribution is 2.33. The summed E-state index contributed by atoms with van der Waals surface area (Å²) in [4.78, 5) is 4.14. The molecule has 6 heteroatoms. The van der Waals surface area contributed by atoms with Gasteiger partial charge in [-0.15, -0.1) is 0 Å². The van der Waals surface area contributed by atoms with Gasteiger partial charge >= 0.3 is 0 Å². The first-order chi connectivity index (χ1) is 7.42. The molecule has 0 atom stereocenters. The zero-order valence-corrected chi connectivity index (χ0v) is 12.6. The molecule has 16 heavy (non-hydrogen) atoms. The maximum atomic E-state index is 5.59. The Bertz CT molecular complexity index is 336. The van der Waals surface area contributed by atoms with Crippen LogP contribution in [-0.4, -0.2) is 47.8 Å². The Balaban J connectivity index is 2.37. The summed E-state index contributed by atoms with van der Waals surface area (Å²) in [5.41, 5.74) is 0. The Labute approximate surface area is 107 Å². The van der Waals surface area contributed by atoms with Crippen molar-refractivity contribution in [1.82, 2.24) is 9.55 Å². The lowest BCUT2D eigenvalue weighted by atomic mass is 10.8. The van der Waals surface area contributed by atoms with E-state index in [1.54, 1.807) is 7.11 Å². The Hall–Kier alpha value is -0.200. The fourth-order valence-corrected chi connectivity index (χ4v) is 2.11. The van der Waals surface area contributed by atoms with Gasteiger partial charge in [-0.25, -0.2) is 10.0 Å². The average Bonchev–Trinajstić information content (AvgIpc) is 2.52. The fraction of sp³-hybridized carbons (Fsp3) is 0.700. The van der Waals surface area contributed by atoms with E-state index in [0.717, 1.165) is 17.0 Å². The van der Waals surface area contributed by atoms with Crippen molar-refractivity contribution in [2.24, 2.45) is 0 Å². The van der Waals surface area contributed by atoms with Crippen LogP contribution in [0.25, 0.3) is 0 Å². The Morgan fingerprint density at radius 1 is 1.44 bits per heavy atom. The summed E-state index contributed by atoms with van der Waals surface area (Å²) in [5, 5.41) is 0. The van der Waals surface area contributed by atoms with E-state index in [1.165, 1.54) is 0 Å². The van der Waals surface area contributed by atoms with E-state index < -0.39 is 10.0 Å². The second kappa shape index (κ2) is 5.93. The Morgan fingerprint density at radius 2 is 2.12 bits per heavy atom. The van der Waals surface area contributed by atoms with Crippen molar-refractivity contribution in [3.05, 3.63) is 10.8 Å². The number of hydrogen-bond acceptors (Lipinski definition) is 3. The maximum absolute atomic E-state index is 5.59. The molecule has 1 heterocycles. The van der Waals surface area contributed by atoms with Gasteiger partial charge < -0.3 is 9.47 Å². The highest BCUT2D eigenvalue weighted by Gasteiger charge is 2.07. The summed E-state index contributed by atoms with van der Waals surface area (Å²) >= 11 is 3.30. The van der Waals surface area contributed by atoms with Crippen LogP contribution in [0, 0.1) is 0 Å². The summed E-state index contributed by atoms with van der Waals surface area (Å²) in [7, 11) is 1.12. The molecule has 4 nitrogen and oxygen atoms in total. The van der Waals surface area contributed by atoms with Crippen molar-refractivity contribution in [3.8, 4) is 6.01 Å². The SMILES string of the molecule is COc1nc(Br)cn1COCCS(C)(C)C. The molecule has 0 fully saturated rings. The number of nitrogens with zero attached hydrogens (tertiary/aromatic N) is 2. The van der Waals surface area contributed by atoms with Crippen LogP contribution in [0.3, 0.4) is 0 Å². The van der Waals surface area contributed by atoms with E-state index >= 15 is 0 Å². The third kappa shape index (κ3) is 4.76. The molecule has 0 N–H and O–H groups in total. The van der Waals surface area contributed by atoms with Gasteiger partial charge in [-0.3, -0.25) is 4.57 Å². The number of hydrogen-bond donors (Lipinski definition) is 0. The van der Waals surface area contributed by atoms with E-state index in [9.17, 15) is 0 Å². The first kappa shape index (κ1) is 13.9. The molecule has 0 aliphatic rings. The molecule has 1 rings (SSSR count). The molecule has 0 unspecified atom stereocenters. The lowest BCUT2D eigenvalue weighted by Gasteiger charge is -2.24. The monoisotopic (exact) mass is 310 g/mol. The molecule has 0 aliphatic carbocycles. The number of imidazole rings is 1. The van der Waals surface area contributed by atoms with Crippen LogP contribution in [0.4, 0.5) is 0 Å². The molecule has 0 saturated heterocycles. The molecule has 0 saturated carbocycles. The van der Waals surface area contributed by atoms with Gasteiger partial charge in [0.2, 0.25) is 0 Å². The fourth-order valence-electron chi connectivity index (χ4n) is 1.10. The van der Waals surface area contributed by atoms with Crippen LogP contribution < -0.4 is 4.74 Å². The van der Waals surface area contributed by atoms with Crippen LogP contribution in [0.1, 0.15) is 0 Å². The molecule has 0 aliphatic heterocycles. The van der Waals surface area contributed by atoms with Gasteiger partial charge in [0.15, 0.2) is 0 Å². The maximum Gasteiger partial charge on any atom is 0.299 e. The summed E-state index contributed by atoms with van der Waals surface area (Å²) in [6.07, 6.45) is 8.70. The van der Waals surface area contributed by atoms with Crippen molar-refractivity contribution >= 4 is 26.0 Å². The van der Waals surface area contributed by atoms with Crippen molar-refractivity contribution in [1.29, 1.82) is 0 Å². The average molecular weight is 311 g/mol. The number of rotatable bonds is 6. The van der Waals surface area contributed by atoms with Crippen LogP contribution in [0.5, 0.6) is 6.01 Å². The molecule has 1 aromatic rings. The van der Waals surface area contributed by atoms with Crippen LogP contribution in [0.15, 0.2) is 10.8 Å². The third-order valence-electron chi connectivity index (χ3n) is 1.96. The molecular formula is C10H19BrN2O2S. The second-order valence-electron chi connectivity index (χ2n) is 4.35. The molecule has 0 amide bonds. The number of ether oxygens (including phenoxy) is 2. The molecule has 0 radical (unpaired) electrons. The minimum absolute atomic E-state index is 0.479. The number of halogens is 1. The third-order valence-corrected chi connectivity index (χ3v) is 3.74. The molecule has 0 bridgehead atoms. The molecule has 0 spiro atoms. The summed E-state index contributed by atoms with van der Waals surface area (Å²) in [6.45, 7) is 1.26. The Kier molecular flexibility index (Phi) is 5.14. The summed E-state index contributed by atoms with van der Waals surface area (Å²) in [5.74, 6) is 1.12.